The molecule has 0 aliphatic carbocycles. The monoisotopic (exact) mass is 420 g/mol. The van der Waals surface area contributed by atoms with Gasteiger partial charge in [0.05, 0.1) is 13.2 Å². The standard InChI is InChI=1S/C23H28N2O.2ClH/c26-20-19-25-17-15-24(16-18-25)14-8-7-13-23(21-9-3-1-4-10-21)22-11-5-2-6-12-22;;/h1-6,9-12,23,26H,13-20H2;2*1H. The molecule has 1 aliphatic rings. The number of piperazine rings is 1. The first-order valence-electron chi connectivity index (χ1n) is 9.48. The first kappa shape index (κ1) is 24.5. The fourth-order valence-electron chi connectivity index (χ4n) is 3.45. The number of nitrogens with zero attached hydrogens (tertiary/aromatic N) is 2. The largest absolute Gasteiger partial charge is 0.395 e. The number of halogens is 2. The van der Waals surface area contributed by atoms with Gasteiger partial charge in [-0.25, -0.2) is 0 Å². The maximum Gasteiger partial charge on any atom is 0.0602 e. The van der Waals surface area contributed by atoms with E-state index < -0.39 is 0 Å². The third-order valence-electron chi connectivity index (χ3n) is 5.02. The lowest BCUT2D eigenvalue weighted by Crippen LogP contribution is -2.47. The van der Waals surface area contributed by atoms with Crippen LogP contribution >= 0.6 is 24.8 Å². The van der Waals surface area contributed by atoms with Crippen LogP contribution in [0.3, 0.4) is 0 Å². The van der Waals surface area contributed by atoms with Crippen molar-refractivity contribution in [2.24, 2.45) is 0 Å². The molecule has 2 aromatic rings. The molecule has 1 aliphatic heterocycles. The molecule has 0 spiro atoms. The van der Waals surface area contributed by atoms with Crippen molar-refractivity contribution in [3.05, 3.63) is 71.8 Å². The molecule has 28 heavy (non-hydrogen) atoms. The molecule has 0 bridgehead atoms. The molecular formula is C23H30Cl2N2O. The Morgan fingerprint density at radius 3 is 1.75 bits per heavy atom. The van der Waals surface area contributed by atoms with Gasteiger partial charge in [0.25, 0.3) is 0 Å². The molecule has 152 valence electrons. The highest BCUT2D eigenvalue weighted by molar-refractivity contribution is 5.85. The number of hydrogen-bond donors (Lipinski definition) is 1. The zero-order chi connectivity index (χ0) is 18.0. The van der Waals surface area contributed by atoms with Crippen molar-refractivity contribution in [3.63, 3.8) is 0 Å². The Morgan fingerprint density at radius 1 is 0.750 bits per heavy atom. The van der Waals surface area contributed by atoms with Crippen LogP contribution in [0.25, 0.3) is 0 Å². The Morgan fingerprint density at radius 2 is 1.25 bits per heavy atom. The second-order valence-electron chi connectivity index (χ2n) is 6.77. The fourth-order valence-corrected chi connectivity index (χ4v) is 3.45. The van der Waals surface area contributed by atoms with Crippen molar-refractivity contribution in [1.82, 2.24) is 9.80 Å². The number of aliphatic hydroxyl groups is 1. The van der Waals surface area contributed by atoms with Gasteiger partial charge in [-0.1, -0.05) is 66.6 Å². The summed E-state index contributed by atoms with van der Waals surface area (Å²) in [6, 6.07) is 21.3. The molecule has 0 unspecified atom stereocenters. The molecule has 0 aromatic heterocycles. The number of benzene rings is 2. The van der Waals surface area contributed by atoms with Gasteiger partial charge in [0, 0.05) is 45.1 Å². The van der Waals surface area contributed by atoms with Gasteiger partial charge in [-0.3, -0.25) is 9.80 Å². The van der Waals surface area contributed by atoms with Gasteiger partial charge in [-0.2, -0.15) is 0 Å². The van der Waals surface area contributed by atoms with Gasteiger partial charge in [0.1, 0.15) is 0 Å². The number of hydrogen-bond acceptors (Lipinski definition) is 3. The van der Waals surface area contributed by atoms with Crippen LogP contribution in [-0.2, 0) is 0 Å². The minimum Gasteiger partial charge on any atom is -0.395 e. The molecule has 0 saturated carbocycles. The third kappa shape index (κ3) is 7.47. The van der Waals surface area contributed by atoms with E-state index >= 15 is 0 Å². The van der Waals surface area contributed by atoms with Gasteiger partial charge in [0.2, 0.25) is 0 Å². The van der Waals surface area contributed by atoms with Gasteiger partial charge >= 0.3 is 0 Å². The second-order valence-corrected chi connectivity index (χ2v) is 6.77. The predicted octanol–water partition coefficient (Wildman–Crippen LogP) is 3.67. The summed E-state index contributed by atoms with van der Waals surface area (Å²) >= 11 is 0. The Labute approximate surface area is 181 Å². The van der Waals surface area contributed by atoms with E-state index in [1.165, 1.54) is 11.1 Å². The molecule has 1 N–H and O–H groups in total. The molecule has 0 radical (unpaired) electrons. The SMILES string of the molecule is Cl.Cl.OCCN1CCN(CC#CCC(c2ccccc2)c2ccccc2)CC1. The van der Waals surface area contributed by atoms with Crippen molar-refractivity contribution in [1.29, 1.82) is 0 Å². The van der Waals surface area contributed by atoms with Gasteiger partial charge in [0.15, 0.2) is 0 Å². The average molecular weight is 421 g/mol. The van der Waals surface area contributed by atoms with E-state index in [0.29, 0.717) is 5.92 Å². The van der Waals surface area contributed by atoms with Crippen LogP contribution in [0.15, 0.2) is 60.7 Å². The van der Waals surface area contributed by atoms with Gasteiger partial charge in [-0.05, 0) is 11.1 Å². The van der Waals surface area contributed by atoms with Gasteiger partial charge in [-0.15, -0.1) is 30.7 Å². The van der Waals surface area contributed by atoms with Crippen LogP contribution in [0.1, 0.15) is 23.5 Å². The first-order chi connectivity index (χ1) is 12.9. The Hall–Kier alpha value is -1.54. The van der Waals surface area contributed by atoms with E-state index in [9.17, 15) is 0 Å². The van der Waals surface area contributed by atoms with E-state index in [1.54, 1.807) is 0 Å². The van der Waals surface area contributed by atoms with E-state index in [0.717, 1.165) is 45.7 Å². The first-order valence-corrected chi connectivity index (χ1v) is 9.48. The van der Waals surface area contributed by atoms with E-state index in [1.807, 2.05) is 0 Å². The zero-order valence-electron chi connectivity index (χ0n) is 16.2. The lowest BCUT2D eigenvalue weighted by molar-refractivity contribution is 0.121. The van der Waals surface area contributed by atoms with Crippen LogP contribution in [0.5, 0.6) is 0 Å². The average Bonchev–Trinajstić information content (AvgIpc) is 2.71. The van der Waals surface area contributed by atoms with Crippen LogP contribution < -0.4 is 0 Å². The highest BCUT2D eigenvalue weighted by Crippen LogP contribution is 2.27. The molecule has 3 nitrogen and oxygen atoms in total. The summed E-state index contributed by atoms with van der Waals surface area (Å²) in [6.07, 6.45) is 0.846. The summed E-state index contributed by atoms with van der Waals surface area (Å²) in [5.74, 6) is 7.13. The second kappa shape index (κ2) is 13.6. The zero-order valence-corrected chi connectivity index (χ0v) is 17.8. The predicted molar refractivity (Wildman–Crippen MR) is 122 cm³/mol. The van der Waals surface area contributed by atoms with Crippen LogP contribution in [-0.4, -0.2) is 60.8 Å². The van der Waals surface area contributed by atoms with Crippen molar-refractivity contribution in [3.8, 4) is 11.8 Å². The van der Waals surface area contributed by atoms with Crippen molar-refractivity contribution in [2.45, 2.75) is 12.3 Å². The lowest BCUT2D eigenvalue weighted by atomic mass is 9.89. The molecule has 1 fully saturated rings. The normalized spacial score (nSPS) is 14.5. The molecular weight excluding hydrogens is 391 g/mol. The summed E-state index contributed by atoms with van der Waals surface area (Å²) in [7, 11) is 0. The van der Waals surface area contributed by atoms with Gasteiger partial charge < -0.3 is 5.11 Å². The molecule has 0 atom stereocenters. The molecule has 2 aromatic carbocycles. The smallest absolute Gasteiger partial charge is 0.0602 e. The van der Waals surface area contributed by atoms with Crippen molar-refractivity contribution in [2.75, 3.05) is 45.9 Å². The molecule has 1 heterocycles. The highest BCUT2D eigenvalue weighted by Gasteiger charge is 2.15. The summed E-state index contributed by atoms with van der Waals surface area (Å²) in [4.78, 5) is 4.71. The summed E-state index contributed by atoms with van der Waals surface area (Å²) in [5, 5.41) is 9.02. The van der Waals surface area contributed by atoms with E-state index in [4.69, 9.17) is 5.11 Å². The highest BCUT2D eigenvalue weighted by atomic mass is 35.5. The molecule has 1 saturated heterocycles. The fraction of sp³-hybridized carbons (Fsp3) is 0.391. The minimum absolute atomic E-state index is 0. The molecule has 0 amide bonds. The molecule has 5 heteroatoms. The number of aliphatic hydroxyl groups excluding tert-OH is 1. The van der Waals surface area contributed by atoms with E-state index in [2.05, 4.69) is 82.3 Å². The Bertz CT molecular complexity index is 668. The van der Waals surface area contributed by atoms with Crippen molar-refractivity contribution < 1.29 is 5.11 Å². The Balaban J connectivity index is 0.00000196. The quantitative estimate of drug-likeness (QED) is 0.722. The summed E-state index contributed by atoms with van der Waals surface area (Å²) in [6.45, 7) is 6.00. The Kier molecular flexibility index (Phi) is 11.9. The number of rotatable bonds is 6. The lowest BCUT2D eigenvalue weighted by Gasteiger charge is -2.33. The maximum absolute atomic E-state index is 9.02. The minimum atomic E-state index is 0. The van der Waals surface area contributed by atoms with Crippen LogP contribution in [0, 0.1) is 11.8 Å². The maximum atomic E-state index is 9.02. The van der Waals surface area contributed by atoms with Crippen molar-refractivity contribution >= 4 is 24.8 Å². The topological polar surface area (TPSA) is 26.7 Å². The molecule has 3 rings (SSSR count). The summed E-state index contributed by atoms with van der Waals surface area (Å²) < 4.78 is 0. The summed E-state index contributed by atoms with van der Waals surface area (Å²) in [5.41, 5.74) is 2.65. The third-order valence-corrected chi connectivity index (χ3v) is 5.02. The van der Waals surface area contributed by atoms with Crippen LogP contribution in [0.4, 0.5) is 0 Å². The van der Waals surface area contributed by atoms with Crippen LogP contribution in [0.2, 0.25) is 0 Å². The number of β-amino-alcohol motifs (C(OH)–C–C–N with tert-alkyl or cyclic N) is 1. The van der Waals surface area contributed by atoms with E-state index in [-0.39, 0.29) is 31.4 Å².